The molecule has 0 saturated carbocycles. The highest BCUT2D eigenvalue weighted by molar-refractivity contribution is 5.54. The molecule has 0 spiro atoms. The van der Waals surface area contributed by atoms with E-state index in [1.165, 1.54) is 7.11 Å². The molecule has 0 aliphatic carbocycles. The molecule has 0 bridgehead atoms. The van der Waals surface area contributed by atoms with Gasteiger partial charge in [0.25, 0.3) is 0 Å². The van der Waals surface area contributed by atoms with Gasteiger partial charge in [-0.3, -0.25) is 0 Å². The zero-order valence-electron chi connectivity index (χ0n) is 11.9. The molecule has 0 amide bonds. The van der Waals surface area contributed by atoms with E-state index in [4.69, 9.17) is 9.47 Å². The fourth-order valence-electron chi connectivity index (χ4n) is 2.00. The van der Waals surface area contributed by atoms with Crippen LogP contribution in [0.2, 0.25) is 0 Å². The van der Waals surface area contributed by atoms with Gasteiger partial charge in [-0.25, -0.2) is 4.39 Å². The zero-order chi connectivity index (χ0) is 14.5. The molecular formula is C16H18FNO2. The quantitative estimate of drug-likeness (QED) is 0.901. The number of halogens is 1. The van der Waals surface area contributed by atoms with Gasteiger partial charge in [-0.1, -0.05) is 12.1 Å². The molecule has 2 aromatic carbocycles. The van der Waals surface area contributed by atoms with E-state index in [0.717, 1.165) is 17.0 Å². The van der Waals surface area contributed by atoms with E-state index in [2.05, 4.69) is 5.32 Å². The van der Waals surface area contributed by atoms with Gasteiger partial charge in [-0.15, -0.1) is 0 Å². The molecular weight excluding hydrogens is 257 g/mol. The van der Waals surface area contributed by atoms with E-state index in [0.29, 0.717) is 12.1 Å². The summed E-state index contributed by atoms with van der Waals surface area (Å²) >= 11 is 0. The molecule has 106 valence electrons. The normalized spacial score (nSPS) is 10.2. The van der Waals surface area contributed by atoms with E-state index in [-0.39, 0.29) is 11.6 Å². The summed E-state index contributed by atoms with van der Waals surface area (Å²) in [5.41, 5.74) is 2.57. The lowest BCUT2D eigenvalue weighted by Gasteiger charge is -2.12. The van der Waals surface area contributed by atoms with Crippen LogP contribution in [0.25, 0.3) is 0 Å². The van der Waals surface area contributed by atoms with Crippen molar-refractivity contribution in [3.05, 3.63) is 53.3 Å². The second kappa shape index (κ2) is 6.28. The van der Waals surface area contributed by atoms with Crippen molar-refractivity contribution in [1.29, 1.82) is 0 Å². The zero-order valence-corrected chi connectivity index (χ0v) is 11.9. The average Bonchev–Trinajstić information content (AvgIpc) is 2.47. The van der Waals surface area contributed by atoms with Crippen molar-refractivity contribution < 1.29 is 13.9 Å². The Morgan fingerprint density at radius 1 is 1.10 bits per heavy atom. The summed E-state index contributed by atoms with van der Waals surface area (Å²) in [7, 11) is 3.09. The number of anilines is 1. The van der Waals surface area contributed by atoms with E-state index in [9.17, 15) is 4.39 Å². The first kappa shape index (κ1) is 14.2. The van der Waals surface area contributed by atoms with Gasteiger partial charge in [0.05, 0.1) is 14.2 Å². The Labute approximate surface area is 118 Å². The fraction of sp³-hybridized carbons (Fsp3) is 0.250. The predicted molar refractivity (Wildman–Crippen MR) is 78.0 cm³/mol. The summed E-state index contributed by atoms with van der Waals surface area (Å²) in [6.07, 6.45) is 0. The van der Waals surface area contributed by atoms with Crippen molar-refractivity contribution in [2.45, 2.75) is 13.5 Å². The lowest BCUT2D eigenvalue weighted by Crippen LogP contribution is -2.04. The van der Waals surface area contributed by atoms with Crippen LogP contribution in [-0.2, 0) is 6.54 Å². The van der Waals surface area contributed by atoms with Crippen LogP contribution in [0.5, 0.6) is 11.5 Å². The van der Waals surface area contributed by atoms with Crippen molar-refractivity contribution in [3.63, 3.8) is 0 Å². The topological polar surface area (TPSA) is 30.5 Å². The van der Waals surface area contributed by atoms with Gasteiger partial charge in [-0.2, -0.15) is 0 Å². The van der Waals surface area contributed by atoms with Crippen LogP contribution in [0.4, 0.5) is 10.1 Å². The molecule has 0 unspecified atom stereocenters. The fourth-order valence-corrected chi connectivity index (χ4v) is 2.00. The lowest BCUT2D eigenvalue weighted by atomic mass is 10.1. The molecule has 0 aliphatic rings. The van der Waals surface area contributed by atoms with Crippen LogP contribution in [0.1, 0.15) is 11.1 Å². The SMILES string of the molecule is COc1ccc(NCc2cccc(OC)c2F)c(C)c1. The molecule has 2 rings (SSSR count). The number of aryl methyl sites for hydroxylation is 1. The van der Waals surface area contributed by atoms with Crippen molar-refractivity contribution in [2.75, 3.05) is 19.5 Å². The first-order valence-corrected chi connectivity index (χ1v) is 6.35. The Kier molecular flexibility index (Phi) is 4.45. The third-order valence-corrected chi connectivity index (χ3v) is 3.17. The number of rotatable bonds is 5. The molecule has 0 aliphatic heterocycles. The second-order valence-corrected chi connectivity index (χ2v) is 4.47. The van der Waals surface area contributed by atoms with Crippen molar-refractivity contribution in [3.8, 4) is 11.5 Å². The first-order chi connectivity index (χ1) is 9.65. The average molecular weight is 275 g/mol. The minimum absolute atomic E-state index is 0.260. The number of benzene rings is 2. The number of methoxy groups -OCH3 is 2. The van der Waals surface area contributed by atoms with Crippen LogP contribution in [-0.4, -0.2) is 14.2 Å². The number of hydrogen-bond acceptors (Lipinski definition) is 3. The summed E-state index contributed by atoms with van der Waals surface area (Å²) in [4.78, 5) is 0. The van der Waals surface area contributed by atoms with Crippen LogP contribution >= 0.6 is 0 Å². The Hall–Kier alpha value is -2.23. The van der Waals surface area contributed by atoms with Crippen LogP contribution in [0.3, 0.4) is 0 Å². The molecule has 0 atom stereocenters. The van der Waals surface area contributed by atoms with E-state index >= 15 is 0 Å². The lowest BCUT2D eigenvalue weighted by molar-refractivity contribution is 0.384. The molecule has 0 fully saturated rings. The third kappa shape index (κ3) is 3.02. The Balaban J connectivity index is 2.13. The summed E-state index contributed by atoms with van der Waals surface area (Å²) in [6.45, 7) is 2.38. The van der Waals surface area contributed by atoms with Gasteiger partial charge in [0.1, 0.15) is 5.75 Å². The van der Waals surface area contributed by atoms with E-state index < -0.39 is 0 Å². The standard InChI is InChI=1S/C16H18FNO2/c1-11-9-13(19-2)7-8-14(11)18-10-12-5-4-6-15(20-3)16(12)17/h4-9,18H,10H2,1-3H3. The third-order valence-electron chi connectivity index (χ3n) is 3.17. The molecule has 0 aromatic heterocycles. The number of hydrogen-bond donors (Lipinski definition) is 1. The van der Waals surface area contributed by atoms with Crippen LogP contribution in [0.15, 0.2) is 36.4 Å². The Morgan fingerprint density at radius 2 is 1.90 bits per heavy atom. The Morgan fingerprint density at radius 3 is 2.55 bits per heavy atom. The molecule has 3 nitrogen and oxygen atoms in total. The monoisotopic (exact) mass is 275 g/mol. The van der Waals surface area contributed by atoms with Crippen LogP contribution < -0.4 is 14.8 Å². The smallest absolute Gasteiger partial charge is 0.170 e. The maximum atomic E-state index is 14.0. The van der Waals surface area contributed by atoms with Crippen molar-refractivity contribution in [2.24, 2.45) is 0 Å². The first-order valence-electron chi connectivity index (χ1n) is 6.35. The minimum Gasteiger partial charge on any atom is -0.497 e. The molecule has 0 radical (unpaired) electrons. The molecule has 0 heterocycles. The molecule has 2 aromatic rings. The highest BCUT2D eigenvalue weighted by atomic mass is 19.1. The summed E-state index contributed by atoms with van der Waals surface area (Å²) in [5.74, 6) is 0.741. The maximum Gasteiger partial charge on any atom is 0.170 e. The summed E-state index contributed by atoms with van der Waals surface area (Å²) in [5, 5.41) is 3.22. The number of ether oxygens (including phenoxy) is 2. The number of nitrogens with one attached hydrogen (secondary N) is 1. The maximum absolute atomic E-state index is 14.0. The Bertz CT molecular complexity index is 599. The molecule has 20 heavy (non-hydrogen) atoms. The highest BCUT2D eigenvalue weighted by Gasteiger charge is 2.08. The van der Waals surface area contributed by atoms with Gasteiger partial charge < -0.3 is 14.8 Å². The van der Waals surface area contributed by atoms with E-state index in [1.54, 1.807) is 25.3 Å². The molecule has 0 saturated heterocycles. The molecule has 4 heteroatoms. The van der Waals surface area contributed by atoms with E-state index in [1.807, 2.05) is 25.1 Å². The van der Waals surface area contributed by atoms with Gasteiger partial charge >= 0.3 is 0 Å². The van der Waals surface area contributed by atoms with Gasteiger partial charge in [0.15, 0.2) is 11.6 Å². The summed E-state index contributed by atoms with van der Waals surface area (Å²) < 4.78 is 24.1. The van der Waals surface area contributed by atoms with Gasteiger partial charge in [-0.05, 0) is 36.8 Å². The second-order valence-electron chi connectivity index (χ2n) is 4.47. The van der Waals surface area contributed by atoms with Crippen molar-refractivity contribution >= 4 is 5.69 Å². The van der Waals surface area contributed by atoms with Gasteiger partial charge in [0.2, 0.25) is 0 Å². The largest absolute Gasteiger partial charge is 0.497 e. The minimum atomic E-state index is -0.325. The van der Waals surface area contributed by atoms with Crippen molar-refractivity contribution in [1.82, 2.24) is 0 Å². The highest BCUT2D eigenvalue weighted by Crippen LogP contribution is 2.24. The summed E-state index contributed by atoms with van der Waals surface area (Å²) in [6, 6.07) is 10.9. The predicted octanol–water partition coefficient (Wildman–Crippen LogP) is 3.76. The van der Waals surface area contributed by atoms with Crippen LogP contribution in [0, 0.1) is 12.7 Å². The molecule has 1 N–H and O–H groups in total. The van der Waals surface area contributed by atoms with Gasteiger partial charge in [0, 0.05) is 17.8 Å².